The number of amides is 2. The Balaban J connectivity index is 1.40. The molecular formula is C19H16F2N4O3S. The number of nitrogens with zero attached hydrogens (tertiary/aromatic N) is 2. The van der Waals surface area contributed by atoms with E-state index in [1.165, 1.54) is 36.4 Å². The summed E-state index contributed by atoms with van der Waals surface area (Å²) < 4.78 is 31.0. The van der Waals surface area contributed by atoms with Crippen molar-refractivity contribution in [2.45, 2.75) is 13.2 Å². The van der Waals surface area contributed by atoms with Crippen molar-refractivity contribution in [1.29, 1.82) is 0 Å². The molecule has 2 N–H and O–H groups in total. The van der Waals surface area contributed by atoms with Gasteiger partial charge < -0.3 is 15.4 Å². The summed E-state index contributed by atoms with van der Waals surface area (Å²) >= 11 is 1.03. The quantitative estimate of drug-likeness (QED) is 0.587. The average molecular weight is 418 g/mol. The highest BCUT2D eigenvalue weighted by Crippen LogP contribution is 2.14. The lowest BCUT2D eigenvalue weighted by Crippen LogP contribution is -2.27. The molecule has 0 unspecified atom stereocenters. The van der Waals surface area contributed by atoms with Crippen molar-refractivity contribution in [3.05, 3.63) is 75.7 Å². The Hall–Kier alpha value is -3.24. The Morgan fingerprint density at radius 2 is 1.62 bits per heavy atom. The van der Waals surface area contributed by atoms with Crippen molar-refractivity contribution < 1.29 is 23.1 Å². The molecule has 0 spiro atoms. The van der Waals surface area contributed by atoms with E-state index in [1.807, 2.05) is 0 Å². The van der Waals surface area contributed by atoms with Crippen LogP contribution < -0.4 is 10.6 Å². The van der Waals surface area contributed by atoms with Gasteiger partial charge in [-0.3, -0.25) is 9.59 Å². The van der Waals surface area contributed by atoms with Crippen molar-refractivity contribution in [2.75, 3.05) is 11.9 Å². The van der Waals surface area contributed by atoms with Gasteiger partial charge in [0.1, 0.15) is 29.9 Å². The Bertz CT molecular complexity index is 978. The molecule has 0 aliphatic carbocycles. The van der Waals surface area contributed by atoms with Crippen LogP contribution in [0.4, 0.5) is 14.5 Å². The molecule has 3 rings (SSSR count). The van der Waals surface area contributed by atoms with Gasteiger partial charge in [-0.15, -0.1) is 10.2 Å². The van der Waals surface area contributed by atoms with Crippen molar-refractivity contribution in [1.82, 2.24) is 15.5 Å². The van der Waals surface area contributed by atoms with Crippen LogP contribution in [0.25, 0.3) is 0 Å². The SMILES string of the molecule is O=C(COCc1nnc(C(=O)Nc2ccc(F)cc2)s1)NCc1ccc(F)cc1. The van der Waals surface area contributed by atoms with Crippen LogP contribution in [0, 0.1) is 11.6 Å². The summed E-state index contributed by atoms with van der Waals surface area (Å²) in [4.78, 5) is 23.9. The van der Waals surface area contributed by atoms with Crippen molar-refractivity contribution in [3.8, 4) is 0 Å². The zero-order valence-corrected chi connectivity index (χ0v) is 15.8. The van der Waals surface area contributed by atoms with Crippen LogP contribution in [-0.2, 0) is 22.7 Å². The maximum absolute atomic E-state index is 12.9. The molecule has 10 heteroatoms. The summed E-state index contributed by atoms with van der Waals surface area (Å²) in [6.45, 7) is 0.0817. The summed E-state index contributed by atoms with van der Waals surface area (Å²) in [6.07, 6.45) is 0. The third kappa shape index (κ3) is 6.40. The van der Waals surface area contributed by atoms with E-state index in [0.717, 1.165) is 16.9 Å². The van der Waals surface area contributed by atoms with Gasteiger partial charge in [0, 0.05) is 12.2 Å². The first kappa shape index (κ1) is 20.5. The largest absolute Gasteiger partial charge is 0.364 e. The number of carbonyl (C=O) groups is 2. The molecule has 7 nitrogen and oxygen atoms in total. The molecule has 0 saturated carbocycles. The molecule has 150 valence electrons. The van der Waals surface area contributed by atoms with E-state index >= 15 is 0 Å². The van der Waals surface area contributed by atoms with Crippen molar-refractivity contribution in [3.63, 3.8) is 0 Å². The number of nitrogens with one attached hydrogen (secondary N) is 2. The lowest BCUT2D eigenvalue weighted by molar-refractivity contribution is -0.126. The highest BCUT2D eigenvalue weighted by molar-refractivity contribution is 7.13. The predicted molar refractivity (Wildman–Crippen MR) is 102 cm³/mol. The van der Waals surface area contributed by atoms with Gasteiger partial charge in [0.2, 0.25) is 10.9 Å². The summed E-state index contributed by atoms with van der Waals surface area (Å²) in [5, 5.41) is 13.4. The topological polar surface area (TPSA) is 93.2 Å². The van der Waals surface area contributed by atoms with Crippen LogP contribution >= 0.6 is 11.3 Å². The van der Waals surface area contributed by atoms with Gasteiger partial charge in [-0.25, -0.2) is 8.78 Å². The zero-order valence-electron chi connectivity index (χ0n) is 15.0. The molecule has 2 aromatic carbocycles. The molecule has 1 heterocycles. The van der Waals surface area contributed by atoms with E-state index < -0.39 is 11.7 Å². The van der Waals surface area contributed by atoms with Gasteiger partial charge >= 0.3 is 0 Å². The molecule has 2 amide bonds. The first-order valence-corrected chi connectivity index (χ1v) is 9.29. The van der Waals surface area contributed by atoms with Crippen LogP contribution in [0.2, 0.25) is 0 Å². The number of hydrogen-bond acceptors (Lipinski definition) is 6. The number of ether oxygens (including phenoxy) is 1. The number of rotatable bonds is 8. The molecule has 0 aliphatic heterocycles. The highest BCUT2D eigenvalue weighted by atomic mass is 32.1. The summed E-state index contributed by atoms with van der Waals surface area (Å²) in [6, 6.07) is 11.1. The van der Waals surface area contributed by atoms with Gasteiger partial charge in [-0.2, -0.15) is 0 Å². The fourth-order valence-electron chi connectivity index (χ4n) is 2.21. The molecular weight excluding hydrogens is 402 g/mol. The van der Waals surface area contributed by atoms with E-state index in [1.54, 1.807) is 12.1 Å². The van der Waals surface area contributed by atoms with Crippen molar-refractivity contribution >= 4 is 28.8 Å². The Morgan fingerprint density at radius 3 is 2.31 bits per heavy atom. The standard InChI is InChI=1S/C19H16F2N4O3S/c20-13-3-1-12(2-4-13)9-22-16(26)10-28-11-17-24-25-19(29-17)18(27)23-15-7-5-14(21)6-8-15/h1-8H,9-11H2,(H,22,26)(H,23,27). The number of anilines is 1. The van der Waals surface area contributed by atoms with E-state index in [4.69, 9.17) is 4.74 Å². The molecule has 0 saturated heterocycles. The number of halogens is 2. The second-order valence-electron chi connectivity index (χ2n) is 5.86. The molecule has 3 aromatic rings. The molecule has 0 radical (unpaired) electrons. The van der Waals surface area contributed by atoms with Crippen LogP contribution in [0.1, 0.15) is 20.4 Å². The third-order valence-electron chi connectivity index (χ3n) is 3.62. The molecule has 29 heavy (non-hydrogen) atoms. The maximum atomic E-state index is 12.9. The number of benzene rings is 2. The van der Waals surface area contributed by atoms with Crippen LogP contribution in [0.5, 0.6) is 0 Å². The summed E-state index contributed by atoms with van der Waals surface area (Å²) in [5.41, 5.74) is 1.20. The molecule has 1 aromatic heterocycles. The van der Waals surface area contributed by atoms with E-state index in [-0.39, 0.29) is 36.5 Å². The van der Waals surface area contributed by atoms with Crippen LogP contribution in [-0.4, -0.2) is 28.6 Å². The Kier molecular flexibility index (Phi) is 6.93. The monoisotopic (exact) mass is 418 g/mol. The number of hydrogen-bond donors (Lipinski definition) is 2. The second-order valence-corrected chi connectivity index (χ2v) is 6.92. The minimum absolute atomic E-state index is 0.0193. The van der Waals surface area contributed by atoms with Crippen LogP contribution in [0.15, 0.2) is 48.5 Å². The predicted octanol–water partition coefficient (Wildman–Crippen LogP) is 2.90. The highest BCUT2D eigenvalue weighted by Gasteiger charge is 2.13. The molecule has 0 atom stereocenters. The van der Waals surface area contributed by atoms with Crippen LogP contribution in [0.3, 0.4) is 0 Å². The maximum Gasteiger partial charge on any atom is 0.286 e. The molecule has 0 fully saturated rings. The third-order valence-corrected chi connectivity index (χ3v) is 4.52. The summed E-state index contributed by atoms with van der Waals surface area (Å²) in [7, 11) is 0. The fraction of sp³-hybridized carbons (Fsp3) is 0.158. The Labute approximate surface area is 168 Å². The first-order chi connectivity index (χ1) is 14.0. The van der Waals surface area contributed by atoms with Gasteiger partial charge in [-0.1, -0.05) is 23.5 Å². The fourth-order valence-corrected chi connectivity index (χ4v) is 2.88. The van der Waals surface area contributed by atoms with E-state index in [0.29, 0.717) is 10.7 Å². The number of aromatic nitrogens is 2. The van der Waals surface area contributed by atoms with E-state index in [9.17, 15) is 18.4 Å². The summed E-state index contributed by atoms with van der Waals surface area (Å²) in [5.74, 6) is -1.56. The minimum Gasteiger partial charge on any atom is -0.364 e. The van der Waals surface area contributed by atoms with Crippen molar-refractivity contribution in [2.24, 2.45) is 0 Å². The molecule has 0 bridgehead atoms. The second kappa shape index (κ2) is 9.80. The normalized spacial score (nSPS) is 10.6. The smallest absolute Gasteiger partial charge is 0.286 e. The number of carbonyl (C=O) groups excluding carboxylic acids is 2. The van der Waals surface area contributed by atoms with Gasteiger partial charge in [0.05, 0.1) is 0 Å². The zero-order chi connectivity index (χ0) is 20.6. The first-order valence-electron chi connectivity index (χ1n) is 8.48. The van der Waals surface area contributed by atoms with Gasteiger partial charge in [0.25, 0.3) is 5.91 Å². The average Bonchev–Trinajstić information content (AvgIpc) is 3.18. The lowest BCUT2D eigenvalue weighted by atomic mass is 10.2. The van der Waals surface area contributed by atoms with Gasteiger partial charge in [0.15, 0.2) is 0 Å². The Morgan fingerprint density at radius 1 is 0.966 bits per heavy atom. The minimum atomic E-state index is -0.475. The lowest BCUT2D eigenvalue weighted by Gasteiger charge is -2.05. The van der Waals surface area contributed by atoms with E-state index in [2.05, 4.69) is 20.8 Å². The molecule has 0 aliphatic rings. The van der Waals surface area contributed by atoms with Gasteiger partial charge in [-0.05, 0) is 42.0 Å².